The Balaban J connectivity index is 2.09. The van der Waals surface area contributed by atoms with Crippen LogP contribution >= 0.6 is 0 Å². The molecular weight excluding hydrogens is 269 g/mol. The van der Waals surface area contributed by atoms with Crippen LogP contribution in [0.5, 0.6) is 11.5 Å². The van der Waals surface area contributed by atoms with E-state index in [1.807, 2.05) is 43.3 Å². The molecule has 0 heterocycles. The first-order chi connectivity index (χ1) is 10.2. The Morgan fingerprint density at radius 1 is 1.14 bits per heavy atom. The highest BCUT2D eigenvalue weighted by atomic mass is 19.1. The first-order valence-electron chi connectivity index (χ1n) is 6.99. The van der Waals surface area contributed by atoms with Gasteiger partial charge >= 0.3 is 0 Å². The lowest BCUT2D eigenvalue weighted by Crippen LogP contribution is -2.26. The quantitative estimate of drug-likeness (QED) is 0.845. The SMILES string of the molecule is CCNC(COc1ccccc1)c1ccc(OC)c(F)c1. The van der Waals surface area contributed by atoms with Crippen molar-refractivity contribution in [3.05, 3.63) is 59.9 Å². The number of para-hydroxylation sites is 1. The Bertz CT molecular complexity index is 560. The molecule has 4 heteroatoms. The maximum absolute atomic E-state index is 13.8. The molecule has 1 N–H and O–H groups in total. The van der Waals surface area contributed by atoms with Crippen LogP contribution in [0.3, 0.4) is 0 Å². The number of nitrogens with one attached hydrogen (secondary N) is 1. The molecule has 2 rings (SSSR count). The number of halogens is 1. The molecule has 0 aromatic heterocycles. The van der Waals surface area contributed by atoms with Gasteiger partial charge in [-0.2, -0.15) is 0 Å². The summed E-state index contributed by atoms with van der Waals surface area (Å²) in [5, 5.41) is 3.30. The molecule has 2 aromatic rings. The number of benzene rings is 2. The van der Waals surface area contributed by atoms with Crippen LogP contribution < -0.4 is 14.8 Å². The molecule has 0 saturated carbocycles. The van der Waals surface area contributed by atoms with E-state index in [9.17, 15) is 4.39 Å². The Morgan fingerprint density at radius 2 is 1.90 bits per heavy atom. The van der Waals surface area contributed by atoms with Gasteiger partial charge in [-0.05, 0) is 36.4 Å². The van der Waals surface area contributed by atoms with Crippen LogP contribution in [0, 0.1) is 5.82 Å². The van der Waals surface area contributed by atoms with Crippen LogP contribution in [0.2, 0.25) is 0 Å². The van der Waals surface area contributed by atoms with Gasteiger partial charge < -0.3 is 14.8 Å². The molecule has 2 aromatic carbocycles. The average molecular weight is 289 g/mol. The second-order valence-electron chi connectivity index (χ2n) is 4.63. The Hall–Kier alpha value is -2.07. The van der Waals surface area contributed by atoms with Gasteiger partial charge in [0, 0.05) is 0 Å². The monoisotopic (exact) mass is 289 g/mol. The number of hydrogen-bond donors (Lipinski definition) is 1. The summed E-state index contributed by atoms with van der Waals surface area (Å²) in [5.41, 5.74) is 0.839. The molecule has 0 fully saturated rings. The summed E-state index contributed by atoms with van der Waals surface area (Å²) < 4.78 is 24.5. The fourth-order valence-electron chi connectivity index (χ4n) is 2.12. The molecular formula is C17H20FNO2. The van der Waals surface area contributed by atoms with E-state index in [1.54, 1.807) is 6.07 Å². The fourth-order valence-corrected chi connectivity index (χ4v) is 2.12. The molecule has 0 amide bonds. The molecule has 1 atom stereocenters. The third-order valence-electron chi connectivity index (χ3n) is 3.19. The third kappa shape index (κ3) is 4.20. The molecule has 3 nitrogen and oxygen atoms in total. The normalized spacial score (nSPS) is 12.0. The third-order valence-corrected chi connectivity index (χ3v) is 3.19. The molecule has 21 heavy (non-hydrogen) atoms. The van der Waals surface area contributed by atoms with Gasteiger partial charge in [0.15, 0.2) is 11.6 Å². The lowest BCUT2D eigenvalue weighted by molar-refractivity contribution is 0.267. The van der Waals surface area contributed by atoms with Gasteiger partial charge in [-0.25, -0.2) is 4.39 Å². The lowest BCUT2D eigenvalue weighted by Gasteiger charge is -2.19. The molecule has 0 aliphatic carbocycles. The maximum Gasteiger partial charge on any atom is 0.165 e. The summed E-state index contributed by atoms with van der Waals surface area (Å²) in [7, 11) is 1.46. The highest BCUT2D eigenvalue weighted by molar-refractivity contribution is 5.31. The zero-order chi connectivity index (χ0) is 15.1. The van der Waals surface area contributed by atoms with Gasteiger partial charge in [0.2, 0.25) is 0 Å². The molecule has 0 spiro atoms. The fraction of sp³-hybridized carbons (Fsp3) is 0.294. The average Bonchev–Trinajstić information content (AvgIpc) is 2.52. The zero-order valence-electron chi connectivity index (χ0n) is 12.3. The zero-order valence-corrected chi connectivity index (χ0v) is 12.3. The number of methoxy groups -OCH3 is 1. The van der Waals surface area contributed by atoms with Crippen molar-refractivity contribution in [1.82, 2.24) is 5.32 Å². The minimum atomic E-state index is -0.363. The maximum atomic E-state index is 13.8. The van der Waals surface area contributed by atoms with Crippen molar-refractivity contribution in [3.8, 4) is 11.5 Å². The molecule has 112 valence electrons. The van der Waals surface area contributed by atoms with Crippen molar-refractivity contribution in [1.29, 1.82) is 0 Å². The predicted octanol–water partition coefficient (Wildman–Crippen LogP) is 3.56. The van der Waals surface area contributed by atoms with Gasteiger partial charge in [-0.1, -0.05) is 31.2 Å². The van der Waals surface area contributed by atoms with E-state index < -0.39 is 0 Å². The number of likely N-dealkylation sites (N-methyl/N-ethyl adjacent to an activating group) is 1. The van der Waals surface area contributed by atoms with Gasteiger partial charge in [0.25, 0.3) is 0 Å². The molecule has 0 aliphatic rings. The smallest absolute Gasteiger partial charge is 0.165 e. The topological polar surface area (TPSA) is 30.5 Å². The van der Waals surface area contributed by atoms with Gasteiger partial charge in [-0.3, -0.25) is 0 Å². The van der Waals surface area contributed by atoms with Crippen LogP contribution in [0.15, 0.2) is 48.5 Å². The highest BCUT2D eigenvalue weighted by Crippen LogP contribution is 2.22. The second kappa shape index (κ2) is 7.64. The highest BCUT2D eigenvalue weighted by Gasteiger charge is 2.14. The predicted molar refractivity (Wildman–Crippen MR) is 81.3 cm³/mol. The van der Waals surface area contributed by atoms with Crippen molar-refractivity contribution < 1.29 is 13.9 Å². The lowest BCUT2D eigenvalue weighted by atomic mass is 10.1. The van der Waals surface area contributed by atoms with E-state index >= 15 is 0 Å². The number of ether oxygens (including phenoxy) is 2. The van der Waals surface area contributed by atoms with E-state index in [0.717, 1.165) is 17.9 Å². The van der Waals surface area contributed by atoms with Crippen LogP contribution in [0.1, 0.15) is 18.5 Å². The van der Waals surface area contributed by atoms with Crippen LogP contribution in [-0.4, -0.2) is 20.3 Å². The summed E-state index contributed by atoms with van der Waals surface area (Å²) >= 11 is 0. The van der Waals surface area contributed by atoms with E-state index in [2.05, 4.69) is 5.32 Å². The van der Waals surface area contributed by atoms with Crippen molar-refractivity contribution >= 4 is 0 Å². The molecule has 0 saturated heterocycles. The van der Waals surface area contributed by atoms with Gasteiger partial charge in [0.05, 0.1) is 13.2 Å². The first kappa shape index (κ1) is 15.3. The first-order valence-corrected chi connectivity index (χ1v) is 6.99. The van der Waals surface area contributed by atoms with E-state index in [4.69, 9.17) is 9.47 Å². The number of hydrogen-bond acceptors (Lipinski definition) is 3. The molecule has 0 bridgehead atoms. The van der Waals surface area contributed by atoms with Crippen LogP contribution in [0.25, 0.3) is 0 Å². The molecule has 1 unspecified atom stereocenters. The second-order valence-corrected chi connectivity index (χ2v) is 4.63. The summed E-state index contributed by atoms with van der Waals surface area (Å²) in [5.74, 6) is 0.685. The Labute approximate surface area is 124 Å². The Kier molecular flexibility index (Phi) is 5.58. The summed E-state index contributed by atoms with van der Waals surface area (Å²) in [6.07, 6.45) is 0. The van der Waals surface area contributed by atoms with E-state index in [1.165, 1.54) is 13.2 Å². The largest absolute Gasteiger partial charge is 0.494 e. The van der Waals surface area contributed by atoms with Crippen molar-refractivity contribution in [3.63, 3.8) is 0 Å². The summed E-state index contributed by atoms with van der Waals surface area (Å²) in [6.45, 7) is 3.22. The van der Waals surface area contributed by atoms with Crippen molar-refractivity contribution in [2.24, 2.45) is 0 Å². The van der Waals surface area contributed by atoms with E-state index in [0.29, 0.717) is 6.61 Å². The van der Waals surface area contributed by atoms with Crippen LogP contribution in [-0.2, 0) is 0 Å². The minimum absolute atomic E-state index is 0.0735. The van der Waals surface area contributed by atoms with Crippen molar-refractivity contribution in [2.75, 3.05) is 20.3 Å². The number of rotatable bonds is 7. The summed E-state index contributed by atoms with van der Waals surface area (Å²) in [4.78, 5) is 0. The van der Waals surface area contributed by atoms with Crippen molar-refractivity contribution in [2.45, 2.75) is 13.0 Å². The van der Waals surface area contributed by atoms with Gasteiger partial charge in [0.1, 0.15) is 12.4 Å². The van der Waals surface area contributed by atoms with Gasteiger partial charge in [-0.15, -0.1) is 0 Å². The molecule has 0 radical (unpaired) electrons. The Morgan fingerprint density at radius 3 is 2.52 bits per heavy atom. The minimum Gasteiger partial charge on any atom is -0.494 e. The van der Waals surface area contributed by atoms with Crippen LogP contribution in [0.4, 0.5) is 4.39 Å². The van der Waals surface area contributed by atoms with E-state index in [-0.39, 0.29) is 17.6 Å². The standard InChI is InChI=1S/C17H20FNO2/c1-3-19-16(12-21-14-7-5-4-6-8-14)13-9-10-17(20-2)15(18)11-13/h4-11,16,19H,3,12H2,1-2H3. The summed E-state index contributed by atoms with van der Waals surface area (Å²) in [6, 6.07) is 14.5. The molecule has 0 aliphatic heterocycles.